The highest BCUT2D eigenvalue weighted by Crippen LogP contribution is 2.28. The molecule has 0 aromatic heterocycles. The number of aliphatic hydroxyl groups excluding tert-OH is 1. The zero-order chi connectivity index (χ0) is 13.0. The number of benzene rings is 1. The molecule has 0 aliphatic rings. The van der Waals surface area contributed by atoms with Crippen LogP contribution in [0.2, 0.25) is 0 Å². The van der Waals surface area contributed by atoms with Crippen LogP contribution in [0, 0.1) is 20.8 Å². The number of rotatable bonds is 5. The summed E-state index contributed by atoms with van der Waals surface area (Å²) >= 11 is 0. The predicted octanol–water partition coefficient (Wildman–Crippen LogP) is 2.09. The van der Waals surface area contributed by atoms with E-state index >= 15 is 0 Å². The molecule has 1 rings (SSSR count). The lowest BCUT2D eigenvalue weighted by molar-refractivity contribution is 0.191. The molecule has 0 heterocycles. The summed E-state index contributed by atoms with van der Waals surface area (Å²) in [5.74, 6) is 0.974. The van der Waals surface area contributed by atoms with Crippen LogP contribution in [0.1, 0.15) is 29.2 Å². The van der Waals surface area contributed by atoms with Crippen molar-refractivity contribution in [2.75, 3.05) is 13.7 Å². The minimum absolute atomic E-state index is 0.309. The van der Waals surface area contributed by atoms with E-state index in [1.165, 1.54) is 16.7 Å². The Morgan fingerprint density at radius 2 is 1.94 bits per heavy atom. The Balaban J connectivity index is 2.87. The van der Waals surface area contributed by atoms with Crippen LogP contribution >= 0.6 is 0 Å². The maximum atomic E-state index is 9.21. The van der Waals surface area contributed by atoms with Gasteiger partial charge in [-0.3, -0.25) is 0 Å². The summed E-state index contributed by atoms with van der Waals surface area (Å²) in [6, 6.07) is 2.15. The minimum atomic E-state index is -0.309. The Morgan fingerprint density at radius 3 is 2.47 bits per heavy atom. The van der Waals surface area contributed by atoms with Gasteiger partial charge in [0.05, 0.1) is 13.2 Å². The number of ether oxygens (including phenoxy) is 1. The van der Waals surface area contributed by atoms with Crippen molar-refractivity contribution in [2.24, 2.45) is 0 Å². The number of methoxy groups -OCH3 is 1. The summed E-state index contributed by atoms with van der Waals surface area (Å²) < 4.78 is 5.39. The number of aryl methyl sites for hydroxylation is 1. The summed E-state index contributed by atoms with van der Waals surface area (Å²) in [6.45, 7) is 9.43. The lowest BCUT2D eigenvalue weighted by atomic mass is 9.98. The largest absolute Gasteiger partial charge is 0.496 e. The molecule has 3 heteroatoms. The molecule has 0 fully saturated rings. The lowest BCUT2D eigenvalue weighted by Crippen LogP contribution is -2.24. The van der Waals surface area contributed by atoms with Crippen LogP contribution in [0.25, 0.3) is 0 Å². The van der Waals surface area contributed by atoms with Crippen LogP contribution in [-0.2, 0) is 6.54 Å². The van der Waals surface area contributed by atoms with Gasteiger partial charge in [0.1, 0.15) is 5.75 Å². The van der Waals surface area contributed by atoms with Gasteiger partial charge in [-0.1, -0.05) is 6.07 Å². The van der Waals surface area contributed by atoms with Crippen molar-refractivity contribution in [3.63, 3.8) is 0 Å². The molecule has 0 saturated heterocycles. The van der Waals surface area contributed by atoms with Crippen molar-refractivity contribution in [3.05, 3.63) is 28.3 Å². The van der Waals surface area contributed by atoms with Gasteiger partial charge < -0.3 is 15.2 Å². The second kappa shape index (κ2) is 6.03. The topological polar surface area (TPSA) is 41.5 Å². The van der Waals surface area contributed by atoms with Crippen LogP contribution in [0.4, 0.5) is 0 Å². The van der Waals surface area contributed by atoms with Crippen LogP contribution < -0.4 is 10.1 Å². The molecule has 96 valence electrons. The molecule has 0 aliphatic carbocycles. The van der Waals surface area contributed by atoms with E-state index in [1.807, 2.05) is 0 Å². The molecule has 3 nitrogen and oxygen atoms in total. The van der Waals surface area contributed by atoms with Crippen molar-refractivity contribution in [3.8, 4) is 5.75 Å². The Hall–Kier alpha value is -1.06. The van der Waals surface area contributed by atoms with Crippen molar-refractivity contribution < 1.29 is 9.84 Å². The van der Waals surface area contributed by atoms with Gasteiger partial charge in [-0.2, -0.15) is 0 Å². The van der Waals surface area contributed by atoms with Crippen molar-refractivity contribution in [1.29, 1.82) is 0 Å². The standard InChI is InChI=1S/C14H23NO2/c1-9-6-13(8-15-7-10(2)16)11(3)12(4)14(9)17-5/h6,10,15-16H,7-8H2,1-5H3. The van der Waals surface area contributed by atoms with E-state index in [2.05, 4.69) is 32.2 Å². The molecule has 1 unspecified atom stereocenters. The quantitative estimate of drug-likeness (QED) is 0.824. The first-order valence-electron chi connectivity index (χ1n) is 5.99. The monoisotopic (exact) mass is 237 g/mol. The van der Waals surface area contributed by atoms with Gasteiger partial charge in [-0.05, 0) is 49.9 Å². The Labute approximate surface area is 104 Å². The third-order valence-electron chi connectivity index (χ3n) is 3.09. The Morgan fingerprint density at radius 1 is 1.29 bits per heavy atom. The van der Waals surface area contributed by atoms with E-state index < -0.39 is 0 Å². The van der Waals surface area contributed by atoms with Crippen molar-refractivity contribution in [2.45, 2.75) is 40.3 Å². The summed E-state index contributed by atoms with van der Waals surface area (Å²) in [5.41, 5.74) is 4.87. The maximum Gasteiger partial charge on any atom is 0.124 e. The SMILES string of the molecule is COc1c(C)cc(CNCC(C)O)c(C)c1C. The number of hydrogen-bond acceptors (Lipinski definition) is 3. The van der Waals surface area contributed by atoms with E-state index in [0.717, 1.165) is 17.9 Å². The Bertz CT molecular complexity index is 386. The average Bonchev–Trinajstić information content (AvgIpc) is 2.25. The summed E-state index contributed by atoms with van der Waals surface area (Å²) in [5, 5.41) is 12.5. The molecule has 0 radical (unpaired) electrons. The number of aliphatic hydroxyl groups is 1. The fraction of sp³-hybridized carbons (Fsp3) is 0.571. The molecule has 0 spiro atoms. The van der Waals surface area contributed by atoms with Crippen molar-refractivity contribution >= 4 is 0 Å². The third kappa shape index (κ3) is 3.45. The van der Waals surface area contributed by atoms with Gasteiger partial charge >= 0.3 is 0 Å². The lowest BCUT2D eigenvalue weighted by Gasteiger charge is -2.16. The molecular weight excluding hydrogens is 214 g/mol. The van der Waals surface area contributed by atoms with Gasteiger partial charge in [0, 0.05) is 13.1 Å². The van der Waals surface area contributed by atoms with Gasteiger partial charge in [0.15, 0.2) is 0 Å². The smallest absolute Gasteiger partial charge is 0.124 e. The zero-order valence-electron chi connectivity index (χ0n) is 11.4. The van der Waals surface area contributed by atoms with E-state index in [4.69, 9.17) is 4.74 Å². The van der Waals surface area contributed by atoms with Gasteiger partial charge in [-0.15, -0.1) is 0 Å². The molecular formula is C14H23NO2. The molecule has 0 aliphatic heterocycles. The van der Waals surface area contributed by atoms with Crippen LogP contribution in [0.3, 0.4) is 0 Å². The number of hydrogen-bond donors (Lipinski definition) is 2. The Kier molecular flexibility index (Phi) is 4.97. The highest BCUT2D eigenvalue weighted by Gasteiger charge is 2.10. The van der Waals surface area contributed by atoms with Gasteiger partial charge in [-0.25, -0.2) is 0 Å². The van der Waals surface area contributed by atoms with E-state index in [-0.39, 0.29) is 6.10 Å². The van der Waals surface area contributed by atoms with E-state index in [0.29, 0.717) is 6.54 Å². The highest BCUT2D eigenvalue weighted by atomic mass is 16.5. The van der Waals surface area contributed by atoms with E-state index in [9.17, 15) is 5.11 Å². The summed E-state index contributed by atoms with van der Waals surface area (Å²) in [4.78, 5) is 0. The first-order valence-corrected chi connectivity index (χ1v) is 5.99. The molecule has 1 aromatic carbocycles. The second-order valence-electron chi connectivity index (χ2n) is 4.62. The molecule has 17 heavy (non-hydrogen) atoms. The third-order valence-corrected chi connectivity index (χ3v) is 3.09. The molecule has 2 N–H and O–H groups in total. The molecule has 1 atom stereocenters. The normalized spacial score (nSPS) is 12.6. The summed E-state index contributed by atoms with van der Waals surface area (Å²) in [7, 11) is 1.71. The van der Waals surface area contributed by atoms with E-state index in [1.54, 1.807) is 14.0 Å². The molecule has 0 bridgehead atoms. The summed E-state index contributed by atoms with van der Waals surface area (Å²) in [6.07, 6.45) is -0.309. The predicted molar refractivity (Wildman–Crippen MR) is 70.6 cm³/mol. The fourth-order valence-electron chi connectivity index (χ4n) is 2.06. The van der Waals surface area contributed by atoms with Gasteiger partial charge in [0.25, 0.3) is 0 Å². The van der Waals surface area contributed by atoms with Gasteiger partial charge in [0.2, 0.25) is 0 Å². The average molecular weight is 237 g/mol. The van der Waals surface area contributed by atoms with Crippen LogP contribution in [-0.4, -0.2) is 24.9 Å². The number of nitrogens with one attached hydrogen (secondary N) is 1. The maximum absolute atomic E-state index is 9.21. The van der Waals surface area contributed by atoms with Crippen molar-refractivity contribution in [1.82, 2.24) is 5.32 Å². The molecule has 0 saturated carbocycles. The minimum Gasteiger partial charge on any atom is -0.496 e. The first kappa shape index (κ1) is 14.0. The molecule has 1 aromatic rings. The second-order valence-corrected chi connectivity index (χ2v) is 4.62. The first-order chi connectivity index (χ1) is 7.97. The fourth-order valence-corrected chi connectivity index (χ4v) is 2.06. The molecule has 0 amide bonds. The highest BCUT2D eigenvalue weighted by molar-refractivity contribution is 5.48. The van der Waals surface area contributed by atoms with Crippen LogP contribution in [0.5, 0.6) is 5.75 Å². The zero-order valence-corrected chi connectivity index (χ0v) is 11.4. The van der Waals surface area contributed by atoms with Crippen LogP contribution in [0.15, 0.2) is 6.07 Å².